The number of ether oxygens (including phenoxy) is 1. The Morgan fingerprint density at radius 1 is 1.40 bits per heavy atom. The number of carboxylic acids is 1. The number of hydrogen-bond donors (Lipinski definition) is 2. The third-order valence-electron chi connectivity index (χ3n) is 2.79. The van der Waals surface area contributed by atoms with E-state index >= 15 is 0 Å². The maximum atomic E-state index is 10.8. The minimum absolute atomic E-state index is 0.149. The maximum absolute atomic E-state index is 10.8. The van der Waals surface area contributed by atoms with E-state index in [2.05, 4.69) is 5.32 Å². The molecule has 5 heteroatoms. The second-order valence-corrected chi connectivity index (χ2v) is 4.39. The lowest BCUT2D eigenvalue weighted by atomic mass is 10.2. The Kier molecular flexibility index (Phi) is 4.30. The van der Waals surface area contributed by atoms with Crippen molar-refractivity contribution in [1.29, 1.82) is 0 Å². The Morgan fingerprint density at radius 3 is 2.85 bits per heavy atom. The van der Waals surface area contributed by atoms with Crippen LogP contribution in [0, 0.1) is 6.92 Å². The molecule has 0 aliphatic carbocycles. The van der Waals surface area contributed by atoms with E-state index in [4.69, 9.17) is 14.3 Å². The standard InChI is InChI=1S/C15H17NO4/c1-3-19-14-6-10(2)4-5-13(14)16-8-12-7-11(9-20-12)15(17)18/h4-7,9,16H,3,8H2,1-2H3,(H,17,18). The number of benzene rings is 1. The van der Waals surface area contributed by atoms with E-state index < -0.39 is 5.97 Å². The van der Waals surface area contributed by atoms with Crippen LogP contribution in [0.15, 0.2) is 34.9 Å². The summed E-state index contributed by atoms with van der Waals surface area (Å²) in [5.41, 5.74) is 2.12. The van der Waals surface area contributed by atoms with Crippen molar-refractivity contribution >= 4 is 11.7 Å². The molecule has 2 rings (SSSR count). The normalized spacial score (nSPS) is 10.3. The molecular weight excluding hydrogens is 258 g/mol. The molecule has 0 bridgehead atoms. The largest absolute Gasteiger partial charge is 0.492 e. The molecule has 20 heavy (non-hydrogen) atoms. The van der Waals surface area contributed by atoms with Gasteiger partial charge in [-0.1, -0.05) is 6.07 Å². The third kappa shape index (κ3) is 3.32. The van der Waals surface area contributed by atoms with Crippen LogP contribution in [-0.2, 0) is 6.54 Å². The van der Waals surface area contributed by atoms with Gasteiger partial charge >= 0.3 is 5.97 Å². The van der Waals surface area contributed by atoms with Crippen molar-refractivity contribution in [3.8, 4) is 5.75 Å². The Labute approximate surface area is 117 Å². The second kappa shape index (κ2) is 6.14. The summed E-state index contributed by atoms with van der Waals surface area (Å²) in [7, 11) is 0. The van der Waals surface area contributed by atoms with Gasteiger partial charge < -0.3 is 19.6 Å². The molecule has 0 fully saturated rings. The second-order valence-electron chi connectivity index (χ2n) is 4.39. The zero-order valence-electron chi connectivity index (χ0n) is 11.5. The predicted molar refractivity (Wildman–Crippen MR) is 75.3 cm³/mol. The quantitative estimate of drug-likeness (QED) is 0.846. The topological polar surface area (TPSA) is 71.7 Å². The summed E-state index contributed by atoms with van der Waals surface area (Å²) in [4.78, 5) is 10.8. The van der Waals surface area contributed by atoms with Gasteiger partial charge in [-0.3, -0.25) is 0 Å². The molecule has 0 unspecified atom stereocenters. The Morgan fingerprint density at radius 2 is 2.20 bits per heavy atom. The Hall–Kier alpha value is -2.43. The Bertz CT molecular complexity index is 604. The van der Waals surface area contributed by atoms with Crippen molar-refractivity contribution in [1.82, 2.24) is 0 Å². The summed E-state index contributed by atoms with van der Waals surface area (Å²) in [5, 5.41) is 12.0. The molecule has 0 saturated heterocycles. The molecular formula is C15H17NO4. The number of anilines is 1. The van der Waals surface area contributed by atoms with Crippen LogP contribution in [-0.4, -0.2) is 17.7 Å². The fourth-order valence-electron chi connectivity index (χ4n) is 1.82. The van der Waals surface area contributed by atoms with Crippen LogP contribution >= 0.6 is 0 Å². The molecule has 0 amide bonds. The van der Waals surface area contributed by atoms with E-state index in [9.17, 15) is 4.79 Å². The van der Waals surface area contributed by atoms with Crippen LogP contribution in [0.25, 0.3) is 0 Å². The third-order valence-corrected chi connectivity index (χ3v) is 2.79. The lowest BCUT2D eigenvalue weighted by Gasteiger charge is -2.12. The fourth-order valence-corrected chi connectivity index (χ4v) is 1.82. The van der Waals surface area contributed by atoms with Crippen molar-refractivity contribution in [2.24, 2.45) is 0 Å². The molecule has 106 valence electrons. The number of hydrogen-bond acceptors (Lipinski definition) is 4. The molecule has 0 aliphatic heterocycles. The van der Waals surface area contributed by atoms with Gasteiger partial charge in [0.15, 0.2) is 0 Å². The summed E-state index contributed by atoms with van der Waals surface area (Å²) in [6.07, 6.45) is 1.23. The van der Waals surface area contributed by atoms with Crippen molar-refractivity contribution in [2.75, 3.05) is 11.9 Å². The highest BCUT2D eigenvalue weighted by Crippen LogP contribution is 2.26. The van der Waals surface area contributed by atoms with Gasteiger partial charge in [-0.15, -0.1) is 0 Å². The van der Waals surface area contributed by atoms with Crippen molar-refractivity contribution in [3.63, 3.8) is 0 Å². The van der Waals surface area contributed by atoms with Crippen molar-refractivity contribution < 1.29 is 19.1 Å². The van der Waals surface area contributed by atoms with Crippen molar-refractivity contribution in [2.45, 2.75) is 20.4 Å². The van der Waals surface area contributed by atoms with Gasteiger partial charge in [0.25, 0.3) is 0 Å². The fraction of sp³-hybridized carbons (Fsp3) is 0.267. The molecule has 2 aromatic rings. The summed E-state index contributed by atoms with van der Waals surface area (Å²) in [6, 6.07) is 7.37. The molecule has 1 aromatic carbocycles. The highest BCUT2D eigenvalue weighted by molar-refractivity contribution is 5.87. The van der Waals surface area contributed by atoms with E-state index in [1.807, 2.05) is 32.0 Å². The minimum atomic E-state index is -0.995. The number of carboxylic acid groups (broad SMARTS) is 1. The first kappa shape index (κ1) is 14.0. The summed E-state index contributed by atoms with van der Waals surface area (Å²) in [5.74, 6) is 0.341. The average Bonchev–Trinajstić information content (AvgIpc) is 2.87. The first-order chi connectivity index (χ1) is 9.60. The van der Waals surface area contributed by atoms with Gasteiger partial charge in [-0.05, 0) is 37.6 Å². The van der Waals surface area contributed by atoms with Crippen molar-refractivity contribution in [3.05, 3.63) is 47.4 Å². The number of nitrogens with one attached hydrogen (secondary N) is 1. The highest BCUT2D eigenvalue weighted by Gasteiger charge is 2.09. The number of aryl methyl sites for hydroxylation is 1. The van der Waals surface area contributed by atoms with E-state index in [1.165, 1.54) is 12.3 Å². The van der Waals surface area contributed by atoms with Gasteiger partial charge in [0.2, 0.25) is 0 Å². The lowest BCUT2D eigenvalue weighted by molar-refractivity contribution is 0.0696. The van der Waals surface area contributed by atoms with Crippen LogP contribution in [0.5, 0.6) is 5.75 Å². The number of carbonyl (C=O) groups is 1. The zero-order valence-corrected chi connectivity index (χ0v) is 11.5. The Balaban J connectivity index is 2.07. The number of aromatic carboxylic acids is 1. The molecule has 0 atom stereocenters. The van der Waals surface area contributed by atoms with Gasteiger partial charge in [0, 0.05) is 0 Å². The SMILES string of the molecule is CCOc1cc(C)ccc1NCc1cc(C(=O)O)co1. The molecule has 5 nitrogen and oxygen atoms in total. The molecule has 2 N–H and O–H groups in total. The number of rotatable bonds is 6. The first-order valence-electron chi connectivity index (χ1n) is 6.38. The molecule has 0 spiro atoms. The summed E-state index contributed by atoms with van der Waals surface area (Å²) >= 11 is 0. The summed E-state index contributed by atoms with van der Waals surface area (Å²) in [6.45, 7) is 4.91. The van der Waals surface area contributed by atoms with Gasteiger partial charge in [0.05, 0.1) is 24.4 Å². The number of furan rings is 1. The first-order valence-corrected chi connectivity index (χ1v) is 6.38. The van der Waals surface area contributed by atoms with Crippen LogP contribution in [0.3, 0.4) is 0 Å². The molecule has 0 saturated carbocycles. The smallest absolute Gasteiger partial charge is 0.338 e. The molecule has 0 radical (unpaired) electrons. The van der Waals surface area contributed by atoms with Crippen LogP contribution in [0.2, 0.25) is 0 Å². The van der Waals surface area contributed by atoms with Crippen LogP contribution in [0.4, 0.5) is 5.69 Å². The molecule has 1 aromatic heterocycles. The average molecular weight is 275 g/mol. The minimum Gasteiger partial charge on any atom is -0.492 e. The van der Waals surface area contributed by atoms with Crippen LogP contribution < -0.4 is 10.1 Å². The predicted octanol–water partition coefficient (Wildman–Crippen LogP) is 3.30. The summed E-state index contributed by atoms with van der Waals surface area (Å²) < 4.78 is 10.7. The highest BCUT2D eigenvalue weighted by atomic mass is 16.5. The van der Waals surface area contributed by atoms with Crippen LogP contribution in [0.1, 0.15) is 28.6 Å². The van der Waals surface area contributed by atoms with E-state index in [1.54, 1.807) is 0 Å². The van der Waals surface area contributed by atoms with E-state index in [0.717, 1.165) is 17.0 Å². The monoisotopic (exact) mass is 275 g/mol. The zero-order chi connectivity index (χ0) is 14.5. The van der Waals surface area contributed by atoms with Gasteiger partial charge in [-0.25, -0.2) is 4.79 Å². The van der Waals surface area contributed by atoms with Gasteiger partial charge in [0.1, 0.15) is 17.8 Å². The molecule has 1 heterocycles. The molecule has 0 aliphatic rings. The van der Waals surface area contributed by atoms with E-state index in [-0.39, 0.29) is 5.56 Å². The maximum Gasteiger partial charge on any atom is 0.338 e. The van der Waals surface area contributed by atoms with E-state index in [0.29, 0.717) is 18.9 Å². The van der Waals surface area contributed by atoms with Gasteiger partial charge in [-0.2, -0.15) is 0 Å². The lowest BCUT2D eigenvalue weighted by Crippen LogP contribution is -2.02.